The van der Waals surface area contributed by atoms with E-state index in [1.807, 2.05) is 0 Å². The molecule has 0 bridgehead atoms. The number of hydrogen-bond acceptors (Lipinski definition) is 7. The van der Waals surface area contributed by atoms with Gasteiger partial charge in [-0.2, -0.15) is 0 Å². The monoisotopic (exact) mass is 300 g/mol. The second kappa shape index (κ2) is 10.6. The van der Waals surface area contributed by atoms with Crippen LogP contribution in [0.15, 0.2) is 12.2 Å². The lowest BCUT2D eigenvalue weighted by Crippen LogP contribution is -2.25. The van der Waals surface area contributed by atoms with Gasteiger partial charge in [0, 0.05) is 6.42 Å². The minimum absolute atomic E-state index is 0.0217. The van der Waals surface area contributed by atoms with Crippen LogP contribution >= 0.6 is 0 Å². The molecule has 21 heavy (non-hydrogen) atoms. The molecule has 0 rings (SSSR count). The third-order valence-corrected chi connectivity index (χ3v) is 2.50. The Morgan fingerprint density at radius 2 is 1.57 bits per heavy atom. The highest BCUT2D eigenvalue weighted by molar-refractivity contribution is 5.96. The van der Waals surface area contributed by atoms with Crippen LogP contribution in [0.5, 0.6) is 0 Å². The van der Waals surface area contributed by atoms with Crippen molar-refractivity contribution in [3.63, 3.8) is 0 Å². The Hall–Kier alpha value is -2.18. The topological polar surface area (TPSA) is 96.0 Å². The summed E-state index contributed by atoms with van der Waals surface area (Å²) < 4.78 is 13.6. The number of methoxy groups -OCH3 is 2. The minimum atomic E-state index is -1.06. The van der Waals surface area contributed by atoms with Crippen LogP contribution in [-0.4, -0.2) is 44.5 Å². The van der Waals surface area contributed by atoms with Crippen LogP contribution < -0.4 is 0 Å². The molecule has 7 nitrogen and oxygen atoms in total. The third-order valence-electron chi connectivity index (χ3n) is 2.50. The smallest absolute Gasteiger partial charge is 0.320 e. The van der Waals surface area contributed by atoms with Crippen LogP contribution in [0.4, 0.5) is 0 Å². The Balaban J connectivity index is 4.28. The van der Waals surface area contributed by atoms with E-state index in [-0.39, 0.29) is 31.7 Å². The average molecular weight is 300 g/mol. The molecule has 0 unspecified atom stereocenters. The summed E-state index contributed by atoms with van der Waals surface area (Å²) in [5, 5.41) is 0. The molecule has 0 saturated carbocycles. The van der Waals surface area contributed by atoms with Gasteiger partial charge in [0.15, 0.2) is 5.92 Å². The van der Waals surface area contributed by atoms with Gasteiger partial charge in [-0.25, -0.2) is 0 Å². The number of esters is 3. The quantitative estimate of drug-likeness (QED) is 0.269. The lowest BCUT2D eigenvalue weighted by Gasteiger charge is -2.09. The lowest BCUT2D eigenvalue weighted by molar-refractivity contribution is -0.158. The van der Waals surface area contributed by atoms with E-state index in [4.69, 9.17) is 0 Å². The van der Waals surface area contributed by atoms with E-state index >= 15 is 0 Å². The fourth-order valence-electron chi connectivity index (χ4n) is 1.47. The largest absolute Gasteiger partial charge is 0.468 e. The maximum Gasteiger partial charge on any atom is 0.320 e. The van der Waals surface area contributed by atoms with Gasteiger partial charge in [-0.3, -0.25) is 19.2 Å². The molecule has 0 saturated heterocycles. The molecule has 0 aliphatic rings. The summed E-state index contributed by atoms with van der Waals surface area (Å²) >= 11 is 0. The van der Waals surface area contributed by atoms with Crippen LogP contribution in [0.2, 0.25) is 0 Å². The lowest BCUT2D eigenvalue weighted by atomic mass is 10.1. The summed E-state index contributed by atoms with van der Waals surface area (Å²) in [6.07, 6.45) is 2.78. The SMILES string of the molecule is CCOC(=O)CC(=O)C/C=C/CC(C(=O)OC)C(=O)OC. The first-order valence-electron chi connectivity index (χ1n) is 6.44. The fourth-order valence-corrected chi connectivity index (χ4v) is 1.47. The van der Waals surface area contributed by atoms with Gasteiger partial charge in [0.25, 0.3) is 0 Å². The normalized spacial score (nSPS) is 10.5. The second-order valence-corrected chi connectivity index (χ2v) is 4.03. The van der Waals surface area contributed by atoms with Crippen LogP contribution in [0, 0.1) is 5.92 Å². The molecular formula is C14H20O7. The minimum Gasteiger partial charge on any atom is -0.468 e. The number of rotatable bonds is 9. The summed E-state index contributed by atoms with van der Waals surface area (Å²) in [4.78, 5) is 45.2. The first kappa shape index (κ1) is 18.8. The van der Waals surface area contributed by atoms with Crippen LogP contribution in [0.25, 0.3) is 0 Å². The first-order chi connectivity index (χ1) is 9.96. The molecule has 7 heteroatoms. The molecule has 0 spiro atoms. The van der Waals surface area contributed by atoms with Crippen molar-refractivity contribution >= 4 is 23.7 Å². The van der Waals surface area contributed by atoms with Gasteiger partial charge >= 0.3 is 17.9 Å². The van der Waals surface area contributed by atoms with E-state index in [0.717, 1.165) is 0 Å². The maximum atomic E-state index is 11.4. The van der Waals surface area contributed by atoms with Crippen molar-refractivity contribution in [2.24, 2.45) is 5.92 Å². The van der Waals surface area contributed by atoms with E-state index in [2.05, 4.69) is 14.2 Å². The Bertz CT molecular complexity index is 396. The van der Waals surface area contributed by atoms with E-state index in [1.54, 1.807) is 6.92 Å². The fraction of sp³-hybridized carbons (Fsp3) is 0.571. The second-order valence-electron chi connectivity index (χ2n) is 4.03. The molecule has 0 heterocycles. The summed E-state index contributed by atoms with van der Waals surface area (Å²) in [6.45, 7) is 1.88. The van der Waals surface area contributed by atoms with Gasteiger partial charge in [0.2, 0.25) is 0 Å². The van der Waals surface area contributed by atoms with Gasteiger partial charge in [-0.1, -0.05) is 12.2 Å². The Morgan fingerprint density at radius 3 is 2.05 bits per heavy atom. The van der Waals surface area contributed by atoms with Crippen molar-refractivity contribution in [2.75, 3.05) is 20.8 Å². The maximum absolute atomic E-state index is 11.4. The predicted molar refractivity (Wildman–Crippen MR) is 72.2 cm³/mol. The van der Waals surface area contributed by atoms with Crippen LogP contribution in [0.1, 0.15) is 26.2 Å². The van der Waals surface area contributed by atoms with Crippen molar-refractivity contribution in [3.8, 4) is 0 Å². The van der Waals surface area contributed by atoms with E-state index in [0.29, 0.717) is 0 Å². The number of carbonyl (C=O) groups is 4. The van der Waals surface area contributed by atoms with E-state index in [1.165, 1.54) is 26.4 Å². The standard InChI is InChI=1S/C14H20O7/c1-4-21-12(16)9-10(15)7-5-6-8-11(13(17)19-2)14(18)20-3/h5-6,11H,4,7-9H2,1-3H3/b6-5+. The van der Waals surface area contributed by atoms with Gasteiger partial charge in [0.1, 0.15) is 12.2 Å². The summed E-state index contributed by atoms with van der Waals surface area (Å²) in [5.74, 6) is -3.35. The van der Waals surface area contributed by atoms with Crippen molar-refractivity contribution in [2.45, 2.75) is 26.2 Å². The number of hydrogen-bond donors (Lipinski definition) is 0. The van der Waals surface area contributed by atoms with E-state index in [9.17, 15) is 19.2 Å². The van der Waals surface area contributed by atoms with E-state index < -0.39 is 23.8 Å². The molecule has 118 valence electrons. The Morgan fingerprint density at radius 1 is 1.00 bits per heavy atom. The Labute approximate surface area is 123 Å². The number of ketones is 1. The van der Waals surface area contributed by atoms with Crippen molar-refractivity contribution in [1.29, 1.82) is 0 Å². The third kappa shape index (κ3) is 7.86. The van der Waals surface area contributed by atoms with Gasteiger partial charge in [0.05, 0.1) is 20.8 Å². The molecule has 0 aliphatic heterocycles. The zero-order valence-corrected chi connectivity index (χ0v) is 12.4. The average Bonchev–Trinajstić information content (AvgIpc) is 2.45. The predicted octanol–water partition coefficient (Wildman–Crippen LogP) is 0.807. The number of carbonyl (C=O) groups excluding carboxylic acids is 4. The van der Waals surface area contributed by atoms with Crippen LogP contribution in [0.3, 0.4) is 0 Å². The van der Waals surface area contributed by atoms with Crippen molar-refractivity contribution in [3.05, 3.63) is 12.2 Å². The molecular weight excluding hydrogens is 280 g/mol. The van der Waals surface area contributed by atoms with Crippen molar-refractivity contribution in [1.82, 2.24) is 0 Å². The molecule has 0 aliphatic carbocycles. The number of Topliss-reactive ketones (excluding diaryl/α,β-unsaturated/α-hetero) is 1. The zero-order chi connectivity index (χ0) is 16.3. The highest BCUT2D eigenvalue weighted by atomic mass is 16.5. The molecule has 0 fully saturated rings. The van der Waals surface area contributed by atoms with Crippen LogP contribution in [-0.2, 0) is 33.4 Å². The molecule has 0 aromatic rings. The molecule has 0 aromatic heterocycles. The summed E-state index contributed by atoms with van der Waals surface area (Å²) in [7, 11) is 2.34. The first-order valence-corrected chi connectivity index (χ1v) is 6.44. The highest BCUT2D eigenvalue weighted by Gasteiger charge is 2.27. The zero-order valence-electron chi connectivity index (χ0n) is 12.4. The molecule has 0 aromatic carbocycles. The molecule has 0 amide bonds. The number of allylic oxidation sites excluding steroid dienone is 2. The van der Waals surface area contributed by atoms with Gasteiger partial charge < -0.3 is 14.2 Å². The van der Waals surface area contributed by atoms with Gasteiger partial charge in [-0.05, 0) is 13.3 Å². The highest BCUT2D eigenvalue weighted by Crippen LogP contribution is 2.09. The summed E-state index contributed by atoms with van der Waals surface area (Å²) in [5.41, 5.74) is 0. The molecule has 0 atom stereocenters. The van der Waals surface area contributed by atoms with Crippen molar-refractivity contribution < 1.29 is 33.4 Å². The number of ether oxygens (including phenoxy) is 3. The molecule has 0 N–H and O–H groups in total. The van der Waals surface area contributed by atoms with Gasteiger partial charge in [-0.15, -0.1) is 0 Å². The molecule has 0 radical (unpaired) electrons. The summed E-state index contributed by atoms with van der Waals surface area (Å²) in [6, 6.07) is 0. The Kier molecular flexibility index (Phi) is 9.49.